The van der Waals surface area contributed by atoms with Gasteiger partial charge in [0, 0.05) is 92.8 Å². The summed E-state index contributed by atoms with van der Waals surface area (Å²) in [5, 5.41) is 45.7. The summed E-state index contributed by atoms with van der Waals surface area (Å²) in [6, 6.07) is 6.95. The minimum atomic E-state index is -1.59. The molecule has 0 unspecified atom stereocenters. The fraction of sp³-hybridized carbons (Fsp3) is 0.522. The van der Waals surface area contributed by atoms with Crippen LogP contribution in [-0.2, 0) is 76.8 Å². The number of H-pyrrole nitrogens is 1. The van der Waals surface area contributed by atoms with Gasteiger partial charge in [0.15, 0.2) is 5.96 Å². The summed E-state index contributed by atoms with van der Waals surface area (Å²) in [6.45, 7) is 2.11. The zero-order valence-corrected chi connectivity index (χ0v) is 59.0. The van der Waals surface area contributed by atoms with Crippen molar-refractivity contribution in [1.29, 1.82) is 0 Å². The van der Waals surface area contributed by atoms with Gasteiger partial charge in [-0.1, -0.05) is 83.3 Å². The van der Waals surface area contributed by atoms with Gasteiger partial charge in [-0.2, -0.15) is 0 Å². The smallest absolute Gasteiger partial charge is 0.303 e. The second kappa shape index (κ2) is 40.1. The molecule has 1 aliphatic carbocycles. The molecule has 31 nitrogen and oxygen atoms in total. The summed E-state index contributed by atoms with van der Waals surface area (Å²) in [7, 11) is 3.34. The fourth-order valence-electron chi connectivity index (χ4n) is 12.4. The van der Waals surface area contributed by atoms with Gasteiger partial charge in [0.2, 0.25) is 65.0 Å². The molecule has 3 heterocycles. The number of aliphatic carboxylic acids is 1. The molecule has 554 valence electrons. The summed E-state index contributed by atoms with van der Waals surface area (Å²) in [6.07, 6.45) is 4.42. The van der Waals surface area contributed by atoms with E-state index in [1.165, 1.54) is 36.3 Å². The molecule has 20 N–H and O–H groups in total. The van der Waals surface area contributed by atoms with Crippen LogP contribution >= 0.6 is 21.6 Å². The van der Waals surface area contributed by atoms with Crippen molar-refractivity contribution >= 4 is 109 Å². The SMILES string of the molecule is COc1ccc(C[C@@H]2NC(=O)[C@H](C3CCCC3)NC(=O)[C@@H](NC(=O)[C@H](Cc3ccc(O)cc3)NC(=O)[C@@H]3CCCN3C(=O)C[C@H](C)N)CSSC[C@@H](C(N)=O)NC(=O)[C@H](CCC(=O)O)NC(=O)[C@H](Cc3c[nH]c4ccccc34)NC(=O)CCCCCNC(=O)[C@H](CCCN=C(N)N)NC2=O)cc1. The summed E-state index contributed by atoms with van der Waals surface area (Å²) in [5.74, 6) is -10.6. The Labute approximate surface area is 599 Å². The highest BCUT2D eigenvalue weighted by molar-refractivity contribution is 8.76. The third kappa shape index (κ3) is 25.2. The number of phenols is 1. The Hall–Kier alpha value is -9.63. The molecular weight excluding hydrogens is 1360 g/mol. The van der Waals surface area contributed by atoms with E-state index in [-0.39, 0.29) is 100 Å². The van der Waals surface area contributed by atoms with Crippen LogP contribution in [-0.4, -0.2) is 196 Å². The predicted octanol–water partition coefficient (Wildman–Crippen LogP) is 0.182. The molecule has 3 aromatic carbocycles. The molecule has 2 aliphatic heterocycles. The molecule has 0 bridgehead atoms. The minimum Gasteiger partial charge on any atom is -0.508 e. The lowest BCUT2D eigenvalue weighted by Crippen LogP contribution is -2.61. The Bertz CT molecular complexity index is 3590. The number of hydrogen-bond donors (Lipinski definition) is 16. The van der Waals surface area contributed by atoms with Crippen LogP contribution in [0.5, 0.6) is 11.5 Å². The number of nitrogens with one attached hydrogen (secondary N) is 10. The quantitative estimate of drug-likeness (QED) is 0.0216. The van der Waals surface area contributed by atoms with E-state index in [0.29, 0.717) is 73.8 Å². The molecule has 102 heavy (non-hydrogen) atoms. The number of carbonyl (C=O) groups is 12. The summed E-state index contributed by atoms with van der Waals surface area (Å²) >= 11 is 0. The maximum atomic E-state index is 15.3. The van der Waals surface area contributed by atoms with Crippen molar-refractivity contribution in [3.63, 3.8) is 0 Å². The number of amides is 11. The molecule has 33 heteroatoms. The fourth-order valence-corrected chi connectivity index (χ4v) is 14.8. The van der Waals surface area contributed by atoms with E-state index in [1.54, 1.807) is 43.5 Å². The van der Waals surface area contributed by atoms with Gasteiger partial charge < -0.3 is 95.6 Å². The highest BCUT2D eigenvalue weighted by Gasteiger charge is 2.40. The van der Waals surface area contributed by atoms with E-state index in [4.69, 9.17) is 27.7 Å². The number of guanidine groups is 1. The van der Waals surface area contributed by atoms with Crippen LogP contribution in [0.3, 0.4) is 0 Å². The lowest BCUT2D eigenvalue weighted by molar-refractivity contribution is -0.140. The second-order valence-corrected chi connectivity index (χ2v) is 28.4. The number of aromatic amines is 1. The number of likely N-dealkylation sites (tertiary alicyclic amines) is 1. The van der Waals surface area contributed by atoms with Crippen LogP contribution in [0.1, 0.15) is 120 Å². The van der Waals surface area contributed by atoms with Crippen molar-refractivity contribution in [3.05, 3.63) is 95.7 Å². The van der Waals surface area contributed by atoms with Crippen LogP contribution in [0, 0.1) is 5.92 Å². The molecule has 1 saturated carbocycles. The zero-order chi connectivity index (χ0) is 73.8. The summed E-state index contributed by atoms with van der Waals surface area (Å²) < 4.78 is 5.38. The van der Waals surface area contributed by atoms with Crippen molar-refractivity contribution in [1.82, 2.24) is 57.7 Å². The van der Waals surface area contributed by atoms with Gasteiger partial charge in [0.1, 0.15) is 65.9 Å². The number of methoxy groups -OCH3 is 1. The number of ether oxygens (including phenoxy) is 1. The van der Waals surface area contributed by atoms with Gasteiger partial charge in [-0.05, 0) is 118 Å². The Kier molecular flexibility index (Phi) is 31.3. The number of hydrogen-bond acceptors (Lipinski definition) is 18. The van der Waals surface area contributed by atoms with E-state index >= 15 is 14.4 Å². The third-order valence-corrected chi connectivity index (χ3v) is 20.3. The topological polar surface area (TPSA) is 498 Å². The molecule has 7 rings (SSSR count). The molecule has 3 aliphatic rings. The summed E-state index contributed by atoms with van der Waals surface area (Å²) in [5.41, 5.74) is 25.5. The Balaban J connectivity index is 1.24. The van der Waals surface area contributed by atoms with Gasteiger partial charge in [-0.3, -0.25) is 62.5 Å². The number of nitrogens with two attached hydrogens (primary N) is 4. The maximum Gasteiger partial charge on any atom is 0.303 e. The first-order valence-corrected chi connectivity index (χ1v) is 36.9. The number of primary amides is 1. The molecule has 1 aromatic heterocycles. The first kappa shape index (κ1) is 79.7. The predicted molar refractivity (Wildman–Crippen MR) is 383 cm³/mol. The number of carbonyl (C=O) groups excluding carboxylic acids is 11. The summed E-state index contributed by atoms with van der Waals surface area (Å²) in [4.78, 5) is 179. The van der Waals surface area contributed by atoms with E-state index < -0.39 is 144 Å². The Morgan fingerprint density at radius 2 is 1.36 bits per heavy atom. The van der Waals surface area contributed by atoms with Crippen LogP contribution in [0.2, 0.25) is 0 Å². The molecular formula is C69H96N16O15S2. The molecule has 0 spiro atoms. The number of aromatic hydroxyl groups is 1. The van der Waals surface area contributed by atoms with Crippen LogP contribution < -0.4 is 75.5 Å². The van der Waals surface area contributed by atoms with E-state index in [1.807, 2.05) is 18.2 Å². The number of aromatic nitrogens is 1. The monoisotopic (exact) mass is 1450 g/mol. The van der Waals surface area contributed by atoms with Crippen molar-refractivity contribution in [2.45, 2.75) is 183 Å². The Morgan fingerprint density at radius 3 is 2.04 bits per heavy atom. The number of para-hydroxylation sites is 1. The molecule has 0 radical (unpaired) electrons. The van der Waals surface area contributed by atoms with E-state index in [2.05, 4.69) is 57.8 Å². The highest BCUT2D eigenvalue weighted by Crippen LogP contribution is 2.30. The number of phenolic OH excluding ortho intramolecular Hbond substituents is 1. The third-order valence-electron chi connectivity index (χ3n) is 17.9. The first-order valence-electron chi connectivity index (χ1n) is 34.4. The number of nitrogens with zero attached hydrogens (tertiary/aromatic N) is 2. The van der Waals surface area contributed by atoms with Crippen molar-refractivity contribution < 1.29 is 72.5 Å². The highest BCUT2D eigenvalue weighted by atomic mass is 33.1. The van der Waals surface area contributed by atoms with Gasteiger partial charge in [-0.25, -0.2) is 0 Å². The maximum absolute atomic E-state index is 15.3. The molecule has 11 amide bonds. The number of benzene rings is 3. The number of carboxylic acid groups (broad SMARTS) is 1. The van der Waals surface area contributed by atoms with Gasteiger partial charge in [0.25, 0.3) is 0 Å². The van der Waals surface area contributed by atoms with Crippen LogP contribution in [0.4, 0.5) is 0 Å². The number of fused-ring (bicyclic) bond motifs is 1. The van der Waals surface area contributed by atoms with E-state index in [0.717, 1.165) is 32.5 Å². The van der Waals surface area contributed by atoms with Gasteiger partial charge >= 0.3 is 5.97 Å². The lowest BCUT2D eigenvalue weighted by Gasteiger charge is -2.30. The average Bonchev–Trinajstić information content (AvgIpc) is 1.62. The second-order valence-electron chi connectivity index (χ2n) is 25.9. The van der Waals surface area contributed by atoms with Crippen LogP contribution in [0.15, 0.2) is 84.0 Å². The van der Waals surface area contributed by atoms with Gasteiger partial charge in [-0.15, -0.1) is 0 Å². The zero-order valence-electron chi connectivity index (χ0n) is 57.3. The molecule has 10 atom stereocenters. The lowest BCUT2D eigenvalue weighted by atomic mass is 9.95. The molecule has 2 saturated heterocycles. The number of aliphatic imine (C=N–C) groups is 1. The normalized spacial score (nSPS) is 22.9. The average molecular weight is 1450 g/mol. The largest absolute Gasteiger partial charge is 0.508 e. The number of carboxylic acids is 1. The standard InChI is InChI=1S/C69H96N16O15S2/c1-39(70)32-57(88)85-31-11-17-55(85)67(98)80-50(33-40-19-23-44(86)24-20-40)64(95)83-54-38-102-101-37-53(60(71)91)82-62(93)49(27-28-58(89)90)79-65(96)52(35-43-36-76-47-15-8-7-14-46(43)47)77-56(87)18-4-3-9-29-74-61(92)48(16-10-30-75-69(72)73)78-63(94)51(34-41-21-25-45(100-2)26-22-41)81-68(99)59(84-66(54)97)42-12-5-6-13-42/h7-8,14-15,19-26,36,39,42,48-55,59,76,86H,3-6,9-13,16-18,27-35,37-38,70H2,1-2H3,(H2,71,91)(H,74,92)(H,77,87)(H,78,94)(H,79,96)(H,80,98)(H,81,99)(H,82,93)(H,83,95)(H,84,97)(H,89,90)(H4,72,73,75)/t39-,48-,49-,50-,51-,52-,53-,54-,55-,59-/m0/s1. The molecule has 3 fully saturated rings. The molecule has 4 aromatic rings. The van der Waals surface area contributed by atoms with E-state index in [9.17, 15) is 53.4 Å². The minimum absolute atomic E-state index is 0.0374. The first-order chi connectivity index (χ1) is 48.8. The van der Waals surface area contributed by atoms with Crippen molar-refractivity contribution in [2.24, 2.45) is 33.8 Å². The Morgan fingerprint density at radius 1 is 0.706 bits per heavy atom. The number of rotatable bonds is 22. The van der Waals surface area contributed by atoms with Gasteiger partial charge in [0.05, 0.1) is 7.11 Å². The van der Waals surface area contributed by atoms with Crippen molar-refractivity contribution in [3.8, 4) is 11.5 Å². The van der Waals surface area contributed by atoms with Crippen molar-refractivity contribution in [2.75, 3.05) is 38.2 Å². The van der Waals surface area contributed by atoms with Crippen LogP contribution in [0.25, 0.3) is 10.9 Å².